The fourth-order valence-corrected chi connectivity index (χ4v) is 3.71. The molecule has 0 bridgehead atoms. The molecule has 0 saturated carbocycles. The maximum atomic E-state index is 13.4. The van der Waals surface area contributed by atoms with Gasteiger partial charge in [0.05, 0.1) is 5.69 Å². The third kappa shape index (κ3) is 2.79. The number of rotatable bonds is 3. The average Bonchev–Trinajstić information content (AvgIpc) is 3.02. The van der Waals surface area contributed by atoms with Crippen molar-refractivity contribution in [2.24, 2.45) is 7.05 Å². The smallest absolute Gasteiger partial charge is 0.279 e. The van der Waals surface area contributed by atoms with Crippen LogP contribution < -0.4 is 9.64 Å². The summed E-state index contributed by atoms with van der Waals surface area (Å²) in [6.45, 7) is 6.98. The Morgan fingerprint density at radius 2 is 2.00 bits per heavy atom. The Labute approximate surface area is 159 Å². The molecule has 138 valence electrons. The highest BCUT2D eigenvalue weighted by molar-refractivity contribution is 6.07. The van der Waals surface area contributed by atoms with Crippen molar-refractivity contribution in [3.63, 3.8) is 0 Å². The number of ether oxygens (including phenoxy) is 1. The van der Waals surface area contributed by atoms with Crippen LogP contribution in [-0.4, -0.2) is 22.2 Å². The molecule has 5 heteroatoms. The Kier molecular flexibility index (Phi) is 4.22. The number of fused-ring (bicyclic) bond motifs is 3. The lowest BCUT2D eigenvalue weighted by molar-refractivity contribution is 0.0980. The van der Waals surface area contributed by atoms with E-state index in [-0.39, 0.29) is 5.91 Å². The van der Waals surface area contributed by atoms with Crippen LogP contribution in [0.1, 0.15) is 34.1 Å². The summed E-state index contributed by atoms with van der Waals surface area (Å²) in [5, 5.41) is 4.58. The molecule has 4 rings (SSSR count). The molecule has 0 atom stereocenters. The molecule has 1 amide bonds. The number of carbonyl (C=O) groups excluding carboxylic acids is 1. The minimum absolute atomic E-state index is 0.0916. The van der Waals surface area contributed by atoms with Gasteiger partial charge in [0.2, 0.25) is 0 Å². The van der Waals surface area contributed by atoms with Crippen molar-refractivity contribution in [1.29, 1.82) is 0 Å². The number of hydrogen-bond acceptors (Lipinski definition) is 3. The van der Waals surface area contributed by atoms with Crippen molar-refractivity contribution in [2.45, 2.75) is 27.4 Å². The molecule has 0 fully saturated rings. The van der Waals surface area contributed by atoms with Crippen LogP contribution in [0, 0.1) is 13.8 Å². The number of benzene rings is 2. The van der Waals surface area contributed by atoms with Gasteiger partial charge in [-0.25, -0.2) is 0 Å². The Bertz CT molecular complexity index is 1040. The number of hydrogen-bond donors (Lipinski definition) is 0. The predicted molar refractivity (Wildman–Crippen MR) is 106 cm³/mol. The predicted octanol–water partition coefficient (Wildman–Crippen LogP) is 4.26. The standard InChI is InChI=1S/C22H23N3O2/c1-5-25(18-12-14(2)10-11-15(18)3)22(26)20-17-13-27-19-9-7-6-8-16(19)21(17)24(4)23-20/h6-12H,5,13H2,1-4H3. The monoisotopic (exact) mass is 361 g/mol. The molecule has 0 radical (unpaired) electrons. The van der Waals surface area contributed by atoms with Gasteiger partial charge in [-0.1, -0.05) is 24.3 Å². The summed E-state index contributed by atoms with van der Waals surface area (Å²) in [6.07, 6.45) is 0. The molecule has 1 aromatic heterocycles. The highest BCUT2D eigenvalue weighted by atomic mass is 16.5. The molecular formula is C22H23N3O2. The van der Waals surface area contributed by atoms with E-state index in [9.17, 15) is 4.79 Å². The van der Waals surface area contributed by atoms with Gasteiger partial charge in [0, 0.05) is 30.4 Å². The van der Waals surface area contributed by atoms with Gasteiger partial charge in [0.1, 0.15) is 12.4 Å². The van der Waals surface area contributed by atoms with Crippen molar-refractivity contribution in [3.05, 3.63) is 64.8 Å². The topological polar surface area (TPSA) is 47.4 Å². The Morgan fingerprint density at radius 3 is 2.78 bits per heavy atom. The van der Waals surface area contributed by atoms with Crippen LogP contribution in [0.15, 0.2) is 42.5 Å². The first-order chi connectivity index (χ1) is 13.0. The van der Waals surface area contributed by atoms with Gasteiger partial charge in [-0.05, 0) is 50.1 Å². The Hall–Kier alpha value is -3.08. The Balaban J connectivity index is 1.81. The summed E-state index contributed by atoms with van der Waals surface area (Å²) in [6, 6.07) is 14.0. The fraction of sp³-hybridized carbons (Fsp3) is 0.273. The summed E-state index contributed by atoms with van der Waals surface area (Å²) in [5.74, 6) is 0.736. The fourth-order valence-electron chi connectivity index (χ4n) is 3.71. The number of para-hydroxylation sites is 1. The van der Waals surface area contributed by atoms with E-state index in [4.69, 9.17) is 4.74 Å². The molecule has 0 unspecified atom stereocenters. The normalized spacial score (nSPS) is 12.1. The summed E-state index contributed by atoms with van der Waals surface area (Å²) in [4.78, 5) is 15.2. The van der Waals surface area contributed by atoms with E-state index in [2.05, 4.69) is 17.2 Å². The summed E-state index contributed by atoms with van der Waals surface area (Å²) in [5.41, 5.74) is 6.37. The van der Waals surface area contributed by atoms with E-state index in [1.165, 1.54) is 0 Å². The lowest BCUT2D eigenvalue weighted by Gasteiger charge is -2.24. The number of nitrogens with zero attached hydrogens (tertiary/aromatic N) is 3. The van der Waals surface area contributed by atoms with Gasteiger partial charge < -0.3 is 9.64 Å². The van der Waals surface area contributed by atoms with Gasteiger partial charge in [0.15, 0.2) is 5.69 Å². The lowest BCUT2D eigenvalue weighted by Crippen LogP contribution is -2.32. The molecule has 0 aliphatic carbocycles. The van der Waals surface area contributed by atoms with Crippen LogP contribution >= 0.6 is 0 Å². The summed E-state index contributed by atoms with van der Waals surface area (Å²) < 4.78 is 7.68. The first-order valence-electron chi connectivity index (χ1n) is 9.18. The van der Waals surface area contributed by atoms with Crippen molar-refractivity contribution in [2.75, 3.05) is 11.4 Å². The largest absolute Gasteiger partial charge is 0.488 e. The van der Waals surface area contributed by atoms with Crippen molar-refractivity contribution < 1.29 is 9.53 Å². The number of aromatic nitrogens is 2. The molecule has 2 heterocycles. The van der Waals surface area contributed by atoms with Crippen LogP contribution in [0.4, 0.5) is 5.69 Å². The molecule has 0 N–H and O–H groups in total. The highest BCUT2D eigenvalue weighted by Gasteiger charge is 2.30. The number of carbonyl (C=O) groups is 1. The molecule has 1 aliphatic heterocycles. The minimum Gasteiger partial charge on any atom is -0.488 e. The van der Waals surface area contributed by atoms with Crippen LogP contribution in [0.2, 0.25) is 0 Å². The van der Waals surface area contributed by atoms with Crippen molar-refractivity contribution in [1.82, 2.24) is 9.78 Å². The number of anilines is 1. The second kappa shape index (κ2) is 6.58. The second-order valence-electron chi connectivity index (χ2n) is 6.92. The van der Waals surface area contributed by atoms with Crippen molar-refractivity contribution in [3.8, 4) is 17.0 Å². The Morgan fingerprint density at radius 1 is 1.22 bits per heavy atom. The van der Waals surface area contributed by atoms with E-state index in [1.54, 1.807) is 9.58 Å². The maximum absolute atomic E-state index is 13.4. The lowest BCUT2D eigenvalue weighted by atomic mass is 10.0. The molecule has 1 aliphatic rings. The van der Waals surface area contributed by atoms with Crippen LogP contribution in [-0.2, 0) is 13.7 Å². The molecule has 27 heavy (non-hydrogen) atoms. The van der Waals surface area contributed by atoms with E-state index >= 15 is 0 Å². The summed E-state index contributed by atoms with van der Waals surface area (Å²) >= 11 is 0. The molecule has 5 nitrogen and oxygen atoms in total. The molecular weight excluding hydrogens is 338 g/mol. The summed E-state index contributed by atoms with van der Waals surface area (Å²) in [7, 11) is 1.88. The van der Waals surface area contributed by atoms with Crippen LogP contribution in [0.3, 0.4) is 0 Å². The molecule has 3 aromatic rings. The molecule has 0 saturated heterocycles. The van der Waals surface area contributed by atoms with E-state index in [0.717, 1.165) is 39.4 Å². The maximum Gasteiger partial charge on any atom is 0.279 e. The average molecular weight is 361 g/mol. The zero-order chi connectivity index (χ0) is 19.1. The zero-order valence-corrected chi connectivity index (χ0v) is 16.1. The van der Waals surface area contributed by atoms with Gasteiger partial charge in [-0.15, -0.1) is 0 Å². The number of amides is 1. The van der Waals surface area contributed by atoms with E-state index < -0.39 is 0 Å². The minimum atomic E-state index is -0.0916. The first-order valence-corrected chi connectivity index (χ1v) is 9.18. The SMILES string of the molecule is CCN(C(=O)c1nn(C)c2c1COc1ccccc1-2)c1cc(C)ccc1C. The third-order valence-electron chi connectivity index (χ3n) is 5.08. The van der Waals surface area contributed by atoms with Crippen LogP contribution in [0.25, 0.3) is 11.3 Å². The van der Waals surface area contributed by atoms with Crippen molar-refractivity contribution >= 4 is 11.6 Å². The third-order valence-corrected chi connectivity index (χ3v) is 5.08. The quantitative estimate of drug-likeness (QED) is 0.700. The molecule has 0 spiro atoms. The van der Waals surface area contributed by atoms with Gasteiger partial charge in [0.25, 0.3) is 5.91 Å². The highest BCUT2D eigenvalue weighted by Crippen LogP contribution is 2.38. The second-order valence-corrected chi connectivity index (χ2v) is 6.92. The van der Waals surface area contributed by atoms with Gasteiger partial charge in [-0.2, -0.15) is 5.10 Å². The molecule has 2 aromatic carbocycles. The van der Waals surface area contributed by atoms with E-state index in [0.29, 0.717) is 18.8 Å². The van der Waals surface area contributed by atoms with Gasteiger partial charge in [-0.3, -0.25) is 9.48 Å². The van der Waals surface area contributed by atoms with Crippen LogP contribution in [0.5, 0.6) is 5.75 Å². The zero-order valence-electron chi connectivity index (χ0n) is 16.1. The first kappa shape index (κ1) is 17.3. The van der Waals surface area contributed by atoms with Gasteiger partial charge >= 0.3 is 0 Å². The number of aryl methyl sites for hydroxylation is 3. The van der Waals surface area contributed by atoms with E-state index in [1.807, 2.05) is 58.2 Å².